The van der Waals surface area contributed by atoms with Crippen molar-refractivity contribution in [1.29, 1.82) is 0 Å². The summed E-state index contributed by atoms with van der Waals surface area (Å²) in [7, 11) is 0. The monoisotopic (exact) mass is 459 g/mol. The second-order valence-electron chi connectivity index (χ2n) is 8.99. The van der Waals surface area contributed by atoms with Gasteiger partial charge in [0.1, 0.15) is 13.2 Å². The van der Waals surface area contributed by atoms with Crippen molar-refractivity contribution in [1.82, 2.24) is 4.90 Å². The lowest BCUT2D eigenvalue weighted by atomic mass is 9.91. The van der Waals surface area contributed by atoms with Crippen LogP contribution in [0.4, 0.5) is 4.79 Å². The smallest absolute Gasteiger partial charge is 0.416 e. The molecular weight excluding hydrogens is 430 g/mol. The first-order valence-electron chi connectivity index (χ1n) is 11.6. The van der Waals surface area contributed by atoms with Crippen molar-refractivity contribution >= 4 is 28.7 Å². The molecule has 176 valence electrons. The number of ether oxygens (including phenoxy) is 2. The van der Waals surface area contributed by atoms with Crippen LogP contribution in [0.1, 0.15) is 31.4 Å². The van der Waals surface area contributed by atoms with Crippen molar-refractivity contribution in [3.8, 4) is 0 Å². The van der Waals surface area contributed by atoms with Gasteiger partial charge < -0.3 is 9.47 Å². The lowest BCUT2D eigenvalue weighted by Gasteiger charge is -2.27. The fourth-order valence-corrected chi connectivity index (χ4v) is 4.36. The van der Waals surface area contributed by atoms with E-state index in [4.69, 9.17) is 9.47 Å². The molecule has 1 aliphatic heterocycles. The first-order chi connectivity index (χ1) is 16.4. The highest BCUT2D eigenvalue weighted by Crippen LogP contribution is 2.28. The number of amides is 2. The summed E-state index contributed by atoms with van der Waals surface area (Å²) >= 11 is 0. The topological polar surface area (TPSA) is 72.9 Å². The second kappa shape index (κ2) is 10.5. The number of cyclic esters (lactones) is 1. The predicted molar refractivity (Wildman–Crippen MR) is 129 cm³/mol. The molecule has 2 atom stereocenters. The minimum atomic E-state index is -0.749. The molecule has 3 aromatic carbocycles. The van der Waals surface area contributed by atoms with Crippen LogP contribution in [-0.2, 0) is 32.1 Å². The molecule has 0 aromatic heterocycles. The summed E-state index contributed by atoms with van der Waals surface area (Å²) in [4.78, 5) is 40.1. The molecule has 6 nitrogen and oxygen atoms in total. The van der Waals surface area contributed by atoms with Crippen LogP contribution >= 0.6 is 0 Å². The van der Waals surface area contributed by atoms with Gasteiger partial charge in [0.2, 0.25) is 5.91 Å². The van der Waals surface area contributed by atoms with E-state index in [2.05, 4.69) is 0 Å². The van der Waals surface area contributed by atoms with E-state index in [0.717, 1.165) is 21.9 Å². The minimum Gasteiger partial charge on any atom is -0.461 e. The van der Waals surface area contributed by atoms with Crippen LogP contribution in [0, 0.1) is 11.8 Å². The van der Waals surface area contributed by atoms with E-state index in [1.165, 1.54) is 4.90 Å². The lowest BCUT2D eigenvalue weighted by Crippen LogP contribution is -2.45. The zero-order chi connectivity index (χ0) is 24.1. The molecular formula is C28H29NO5. The van der Waals surface area contributed by atoms with Crippen LogP contribution in [0.2, 0.25) is 0 Å². The zero-order valence-corrected chi connectivity index (χ0v) is 19.5. The van der Waals surface area contributed by atoms with Gasteiger partial charge in [-0.1, -0.05) is 86.6 Å². The summed E-state index contributed by atoms with van der Waals surface area (Å²) < 4.78 is 10.7. The summed E-state index contributed by atoms with van der Waals surface area (Å²) in [5, 5.41) is 2.07. The molecule has 1 heterocycles. The molecule has 2 amide bonds. The number of hydrogen-bond donors (Lipinski definition) is 0. The third-order valence-electron chi connectivity index (χ3n) is 6.26. The largest absolute Gasteiger partial charge is 0.461 e. The molecule has 0 radical (unpaired) electrons. The number of fused-ring (bicyclic) bond motifs is 1. The van der Waals surface area contributed by atoms with Crippen LogP contribution in [-0.4, -0.2) is 35.5 Å². The standard InChI is InChI=1S/C28H29NO5/c1-19(2)25-18-34-28(32)29(25)27(31)23(16-26(30)33-17-20-9-4-3-5-10-20)15-22-13-8-12-21-11-6-7-14-24(21)22/h3-14,19,23,25H,15-18H2,1-2H3/t23-,25-/m1/s1. The molecule has 0 aliphatic carbocycles. The third kappa shape index (κ3) is 5.28. The molecule has 4 rings (SSSR count). The predicted octanol–water partition coefficient (Wildman–Crippen LogP) is 5.14. The summed E-state index contributed by atoms with van der Waals surface area (Å²) in [5.41, 5.74) is 1.82. The van der Waals surface area contributed by atoms with Crippen LogP contribution in [0.25, 0.3) is 10.8 Å². The van der Waals surface area contributed by atoms with Crippen LogP contribution in [0.15, 0.2) is 72.8 Å². The Morgan fingerprint density at radius 1 is 1.00 bits per heavy atom. The van der Waals surface area contributed by atoms with E-state index in [0.29, 0.717) is 6.42 Å². The van der Waals surface area contributed by atoms with Gasteiger partial charge in [-0.3, -0.25) is 9.59 Å². The third-order valence-corrected chi connectivity index (χ3v) is 6.26. The second-order valence-corrected chi connectivity index (χ2v) is 8.99. The van der Waals surface area contributed by atoms with Crippen LogP contribution in [0.3, 0.4) is 0 Å². The van der Waals surface area contributed by atoms with Crippen molar-refractivity contribution in [3.05, 3.63) is 83.9 Å². The Kier molecular flexibility index (Phi) is 7.26. The number of rotatable bonds is 8. The molecule has 1 saturated heterocycles. The minimum absolute atomic E-state index is 0.0404. The Hall–Kier alpha value is -3.67. The van der Waals surface area contributed by atoms with Gasteiger partial charge in [-0.25, -0.2) is 9.69 Å². The molecule has 3 aromatic rings. The van der Waals surface area contributed by atoms with Crippen LogP contribution < -0.4 is 0 Å². The van der Waals surface area contributed by atoms with E-state index in [1.54, 1.807) is 0 Å². The molecule has 0 saturated carbocycles. The normalized spacial score (nSPS) is 16.5. The summed E-state index contributed by atoms with van der Waals surface area (Å²) in [6.07, 6.45) is -0.456. The van der Waals surface area contributed by atoms with Crippen molar-refractivity contribution in [2.24, 2.45) is 11.8 Å². The van der Waals surface area contributed by atoms with Gasteiger partial charge in [-0.2, -0.15) is 0 Å². The van der Waals surface area contributed by atoms with Gasteiger partial charge >= 0.3 is 12.1 Å². The average molecular weight is 460 g/mol. The molecule has 34 heavy (non-hydrogen) atoms. The maximum atomic E-state index is 13.6. The maximum Gasteiger partial charge on any atom is 0.416 e. The highest BCUT2D eigenvalue weighted by molar-refractivity contribution is 5.97. The van der Waals surface area contributed by atoms with Gasteiger partial charge in [0.25, 0.3) is 0 Å². The number of carbonyl (C=O) groups excluding carboxylic acids is 3. The molecule has 6 heteroatoms. The van der Waals surface area contributed by atoms with E-state index < -0.39 is 23.9 Å². The van der Waals surface area contributed by atoms with E-state index in [1.807, 2.05) is 86.6 Å². The first-order valence-corrected chi connectivity index (χ1v) is 11.6. The number of hydrogen-bond acceptors (Lipinski definition) is 5. The Morgan fingerprint density at radius 3 is 2.47 bits per heavy atom. The fourth-order valence-electron chi connectivity index (χ4n) is 4.36. The van der Waals surface area contributed by atoms with Gasteiger partial charge in [0, 0.05) is 0 Å². The molecule has 0 bridgehead atoms. The summed E-state index contributed by atoms with van der Waals surface area (Å²) in [6.45, 7) is 4.19. The van der Waals surface area contributed by atoms with Gasteiger partial charge in [0.15, 0.2) is 0 Å². The summed E-state index contributed by atoms with van der Waals surface area (Å²) in [5.74, 6) is -1.58. The van der Waals surface area contributed by atoms with Crippen molar-refractivity contribution in [3.63, 3.8) is 0 Å². The van der Waals surface area contributed by atoms with E-state index >= 15 is 0 Å². The number of benzene rings is 3. The Morgan fingerprint density at radius 2 is 1.71 bits per heavy atom. The quantitative estimate of drug-likeness (QED) is 0.437. The lowest BCUT2D eigenvalue weighted by molar-refractivity contribution is -0.149. The Labute approximate surface area is 199 Å². The van der Waals surface area contributed by atoms with Crippen molar-refractivity contribution in [2.45, 2.75) is 39.3 Å². The molecule has 0 N–H and O–H groups in total. The molecule has 1 fully saturated rings. The van der Waals surface area contributed by atoms with Gasteiger partial charge in [-0.15, -0.1) is 0 Å². The molecule has 1 aliphatic rings. The highest BCUT2D eigenvalue weighted by Gasteiger charge is 2.42. The Balaban J connectivity index is 1.58. The molecule has 0 unspecified atom stereocenters. The van der Waals surface area contributed by atoms with Crippen LogP contribution in [0.5, 0.6) is 0 Å². The Bertz CT molecular complexity index is 1170. The average Bonchev–Trinajstić information content (AvgIpc) is 3.24. The van der Waals surface area contributed by atoms with Gasteiger partial charge in [-0.05, 0) is 34.2 Å². The van der Waals surface area contributed by atoms with Crippen molar-refractivity contribution < 1.29 is 23.9 Å². The maximum absolute atomic E-state index is 13.6. The highest BCUT2D eigenvalue weighted by atomic mass is 16.6. The SMILES string of the molecule is CC(C)[C@H]1COC(=O)N1C(=O)[C@@H](CC(=O)OCc1ccccc1)Cc1cccc2ccccc12. The first kappa shape index (κ1) is 23.5. The summed E-state index contributed by atoms with van der Waals surface area (Å²) in [6, 6.07) is 22.9. The number of carbonyl (C=O) groups is 3. The van der Waals surface area contributed by atoms with E-state index in [9.17, 15) is 14.4 Å². The zero-order valence-electron chi connectivity index (χ0n) is 19.5. The number of esters is 1. The van der Waals surface area contributed by atoms with E-state index in [-0.39, 0.29) is 31.6 Å². The number of nitrogens with zero attached hydrogens (tertiary/aromatic N) is 1. The fraction of sp³-hybridized carbons (Fsp3) is 0.321. The molecule has 0 spiro atoms. The van der Waals surface area contributed by atoms with Gasteiger partial charge in [0.05, 0.1) is 18.4 Å². The van der Waals surface area contributed by atoms with Crippen molar-refractivity contribution in [2.75, 3.05) is 6.61 Å². The number of imide groups is 1.